The first-order valence-corrected chi connectivity index (χ1v) is 17.1. The van der Waals surface area contributed by atoms with Crippen molar-refractivity contribution in [2.45, 2.75) is 32.6 Å². The highest BCUT2D eigenvalue weighted by Crippen LogP contribution is 2.51. The summed E-state index contributed by atoms with van der Waals surface area (Å²) >= 11 is 0. The average Bonchev–Trinajstić information content (AvgIpc) is 3.72. The monoisotopic (exact) mass is 647 g/mol. The number of imidazole rings is 1. The number of para-hydroxylation sites is 2. The predicted octanol–water partition coefficient (Wildman–Crippen LogP) is 12.7. The molecule has 1 aromatic heterocycles. The van der Waals surface area contributed by atoms with Crippen molar-refractivity contribution in [2.24, 2.45) is 0 Å². The standard InChI is InChI=1S/C48H36N2/c1-4-45-49-43-19-11-12-20-44(43)50(45)34-25-23-30-27-32(22-21-31(30)28-34)46-37-14-5-7-16-39(37)47(40-17-8-6-15-38(40)46)33-24-26-36-35-13-9-10-18-41(35)48(2,3)42(36)29-33/h5-29H,4H2,1-3H3/i9D,10D,13D,18D,24D,26D,29D. The van der Waals surface area contributed by atoms with Crippen LogP contribution in [0.4, 0.5) is 0 Å². The second-order valence-corrected chi connectivity index (χ2v) is 13.7. The number of hydrogen-bond donors (Lipinski definition) is 0. The van der Waals surface area contributed by atoms with Gasteiger partial charge < -0.3 is 0 Å². The topological polar surface area (TPSA) is 17.8 Å². The minimum Gasteiger partial charge on any atom is -0.296 e. The first-order chi connectivity index (χ1) is 27.4. The van der Waals surface area contributed by atoms with Crippen LogP contribution < -0.4 is 0 Å². The van der Waals surface area contributed by atoms with Gasteiger partial charge in [-0.2, -0.15) is 0 Å². The van der Waals surface area contributed by atoms with E-state index >= 15 is 0 Å². The number of aromatic nitrogens is 2. The lowest BCUT2D eigenvalue weighted by Crippen LogP contribution is -2.14. The number of nitrogens with zero attached hydrogens (tertiary/aromatic N) is 2. The molecule has 0 unspecified atom stereocenters. The molecule has 0 saturated carbocycles. The van der Waals surface area contributed by atoms with Gasteiger partial charge in [0, 0.05) is 17.5 Å². The minimum atomic E-state index is -1.02. The fourth-order valence-corrected chi connectivity index (χ4v) is 8.12. The van der Waals surface area contributed by atoms with Crippen LogP contribution in [0.2, 0.25) is 0 Å². The van der Waals surface area contributed by atoms with E-state index in [1.54, 1.807) is 0 Å². The van der Waals surface area contributed by atoms with E-state index in [0.29, 0.717) is 22.3 Å². The molecule has 2 heteroatoms. The highest BCUT2D eigenvalue weighted by atomic mass is 15.1. The molecule has 0 radical (unpaired) electrons. The molecule has 0 fully saturated rings. The summed E-state index contributed by atoms with van der Waals surface area (Å²) in [6, 6.07) is 36.1. The van der Waals surface area contributed by atoms with Crippen molar-refractivity contribution >= 4 is 43.4 Å². The second kappa shape index (κ2) is 10.8. The van der Waals surface area contributed by atoms with Gasteiger partial charge in [0.1, 0.15) is 5.82 Å². The van der Waals surface area contributed by atoms with Crippen LogP contribution in [0.3, 0.4) is 0 Å². The number of hydrogen-bond acceptors (Lipinski definition) is 1. The lowest BCUT2D eigenvalue weighted by atomic mass is 9.80. The molecule has 1 aliphatic carbocycles. The lowest BCUT2D eigenvalue weighted by Gasteiger charge is -2.23. The van der Waals surface area contributed by atoms with Gasteiger partial charge in [-0.05, 0) is 113 Å². The van der Waals surface area contributed by atoms with E-state index in [1.165, 1.54) is 0 Å². The number of benzene rings is 8. The second-order valence-electron chi connectivity index (χ2n) is 13.7. The van der Waals surface area contributed by atoms with Gasteiger partial charge in [-0.25, -0.2) is 4.98 Å². The maximum Gasteiger partial charge on any atom is 0.114 e. The maximum atomic E-state index is 9.85. The lowest BCUT2D eigenvalue weighted by molar-refractivity contribution is 0.660. The molecule has 2 nitrogen and oxygen atoms in total. The smallest absolute Gasteiger partial charge is 0.114 e. The third kappa shape index (κ3) is 4.12. The summed E-state index contributed by atoms with van der Waals surface area (Å²) in [7, 11) is 0. The highest BCUT2D eigenvalue weighted by molar-refractivity contribution is 6.21. The fraction of sp³-hybridized carbons (Fsp3) is 0.104. The summed E-state index contributed by atoms with van der Waals surface area (Å²) in [5.41, 5.74) is 6.44. The van der Waals surface area contributed by atoms with E-state index in [-0.39, 0.29) is 53.4 Å². The molecule has 9 aromatic rings. The van der Waals surface area contributed by atoms with Crippen molar-refractivity contribution in [1.82, 2.24) is 9.55 Å². The zero-order valence-corrected chi connectivity index (χ0v) is 28.0. The predicted molar refractivity (Wildman–Crippen MR) is 211 cm³/mol. The highest BCUT2D eigenvalue weighted by Gasteiger charge is 2.35. The molecule has 0 spiro atoms. The summed E-state index contributed by atoms with van der Waals surface area (Å²) in [5.74, 6) is 1.01. The molecule has 10 rings (SSSR count). The molecule has 1 aliphatic rings. The molecule has 0 atom stereocenters. The Morgan fingerprint density at radius 2 is 1.24 bits per heavy atom. The molecule has 0 bridgehead atoms. The summed E-state index contributed by atoms with van der Waals surface area (Å²) in [6.07, 6.45) is 0.809. The van der Waals surface area contributed by atoms with Crippen molar-refractivity contribution < 1.29 is 9.60 Å². The maximum absolute atomic E-state index is 9.85. The Morgan fingerprint density at radius 1 is 0.620 bits per heavy atom. The quantitative estimate of drug-likeness (QED) is 0.174. The molecular formula is C48H36N2. The fourth-order valence-electron chi connectivity index (χ4n) is 8.12. The molecule has 238 valence electrons. The first kappa shape index (κ1) is 22.6. The van der Waals surface area contributed by atoms with E-state index in [9.17, 15) is 4.11 Å². The van der Waals surface area contributed by atoms with Crippen LogP contribution in [0, 0.1) is 0 Å². The van der Waals surface area contributed by atoms with E-state index in [1.807, 2.05) is 62.4 Å². The van der Waals surface area contributed by atoms with Crippen molar-refractivity contribution in [3.05, 3.63) is 168 Å². The largest absolute Gasteiger partial charge is 0.296 e. The molecule has 0 aliphatic heterocycles. The molecule has 0 amide bonds. The van der Waals surface area contributed by atoms with Crippen LogP contribution in [0.15, 0.2) is 151 Å². The molecule has 1 heterocycles. The molecule has 50 heavy (non-hydrogen) atoms. The Kier molecular flexibility index (Phi) is 4.86. The van der Waals surface area contributed by atoms with Gasteiger partial charge >= 0.3 is 0 Å². The van der Waals surface area contributed by atoms with Crippen molar-refractivity contribution in [3.8, 4) is 39.1 Å². The Labute approximate surface area is 302 Å². The SMILES string of the molecule is [2H]c1c([2H])c([2H])c2c(c1[2H])-c1c([2H])c([2H])c(-c3c4ccccc4c(-c4ccc5cc(-n6c(CC)nc7ccccc76)ccc5c4)c4ccccc34)c([2H])c1C2(C)C. The summed E-state index contributed by atoms with van der Waals surface area (Å²) in [5, 5.41) is 5.79. The number of fused-ring (bicyclic) bond motifs is 7. The first-order valence-electron chi connectivity index (χ1n) is 20.6. The molecule has 8 aromatic carbocycles. The van der Waals surface area contributed by atoms with Gasteiger partial charge in [-0.1, -0.05) is 136 Å². The van der Waals surface area contributed by atoms with Gasteiger partial charge in [-0.15, -0.1) is 0 Å². The Hall–Kier alpha value is -5.99. The van der Waals surface area contributed by atoms with Gasteiger partial charge in [0.05, 0.1) is 20.6 Å². The summed E-state index contributed by atoms with van der Waals surface area (Å²) in [4.78, 5) is 4.89. The van der Waals surface area contributed by atoms with Crippen LogP contribution in [-0.4, -0.2) is 9.55 Å². The van der Waals surface area contributed by atoms with Crippen LogP contribution >= 0.6 is 0 Å². The van der Waals surface area contributed by atoms with Crippen LogP contribution in [0.25, 0.3) is 82.4 Å². The number of rotatable bonds is 4. The molecule has 0 N–H and O–H groups in total. The van der Waals surface area contributed by atoms with Gasteiger partial charge in [0.25, 0.3) is 0 Å². The minimum absolute atomic E-state index is 0.0607. The zero-order chi connectivity index (χ0) is 39.7. The van der Waals surface area contributed by atoms with Crippen LogP contribution in [0.5, 0.6) is 0 Å². The van der Waals surface area contributed by atoms with Gasteiger partial charge in [0.2, 0.25) is 0 Å². The van der Waals surface area contributed by atoms with E-state index in [0.717, 1.165) is 72.4 Å². The van der Waals surface area contributed by atoms with Crippen LogP contribution in [0.1, 0.15) is 47.3 Å². The van der Waals surface area contributed by atoms with E-state index < -0.39 is 5.41 Å². The van der Waals surface area contributed by atoms with E-state index in [2.05, 4.69) is 72.2 Å². The summed E-state index contributed by atoms with van der Waals surface area (Å²) in [6.45, 7) is 5.83. The third-order valence-electron chi connectivity index (χ3n) is 10.5. The van der Waals surface area contributed by atoms with Crippen molar-refractivity contribution in [1.29, 1.82) is 0 Å². The van der Waals surface area contributed by atoms with Crippen LogP contribution in [-0.2, 0) is 11.8 Å². The average molecular weight is 648 g/mol. The number of aryl methyl sites for hydroxylation is 1. The third-order valence-corrected chi connectivity index (χ3v) is 10.5. The molecular weight excluding hydrogens is 605 g/mol. The van der Waals surface area contributed by atoms with Crippen molar-refractivity contribution in [2.75, 3.05) is 0 Å². The normalized spacial score (nSPS) is 15.3. The van der Waals surface area contributed by atoms with E-state index in [4.69, 9.17) is 10.5 Å². The zero-order valence-electron chi connectivity index (χ0n) is 35.0. The Balaban J connectivity index is 1.21. The summed E-state index contributed by atoms with van der Waals surface area (Å²) < 4.78 is 65.6. The van der Waals surface area contributed by atoms with Crippen molar-refractivity contribution in [3.63, 3.8) is 0 Å². The Bertz CT molecular complexity index is 3180. The van der Waals surface area contributed by atoms with Gasteiger partial charge in [-0.3, -0.25) is 4.57 Å². The van der Waals surface area contributed by atoms with Gasteiger partial charge in [0.15, 0.2) is 0 Å². The Morgan fingerprint density at radius 3 is 1.98 bits per heavy atom. The molecule has 0 saturated heterocycles.